The number of rotatable bonds is 6. The van der Waals surface area contributed by atoms with Gasteiger partial charge in [0, 0.05) is 18.5 Å². The van der Waals surface area contributed by atoms with Gasteiger partial charge in [-0.05, 0) is 20.3 Å². The standard InChI is InChI=1S/C10H20F3N3O/c1-4-8(5-9(14)15-17)16(7(2)3)6-10(11,12)13/h7-8,17H,4-6H2,1-3H3,(H2,14,15). The Morgan fingerprint density at radius 3 is 2.24 bits per heavy atom. The molecule has 0 aromatic heterocycles. The van der Waals surface area contributed by atoms with E-state index in [4.69, 9.17) is 10.9 Å². The van der Waals surface area contributed by atoms with E-state index >= 15 is 0 Å². The van der Waals surface area contributed by atoms with Gasteiger partial charge in [-0.3, -0.25) is 4.90 Å². The molecule has 0 fully saturated rings. The van der Waals surface area contributed by atoms with Crippen LogP contribution in [-0.2, 0) is 0 Å². The molecule has 0 amide bonds. The van der Waals surface area contributed by atoms with Gasteiger partial charge in [0.25, 0.3) is 0 Å². The molecule has 0 aliphatic carbocycles. The lowest BCUT2D eigenvalue weighted by Gasteiger charge is -2.34. The molecule has 102 valence electrons. The minimum Gasteiger partial charge on any atom is -0.409 e. The van der Waals surface area contributed by atoms with Crippen molar-refractivity contribution < 1.29 is 18.4 Å². The van der Waals surface area contributed by atoms with Crippen molar-refractivity contribution in [2.45, 2.75) is 51.9 Å². The molecule has 0 saturated heterocycles. The van der Waals surface area contributed by atoms with Gasteiger partial charge in [-0.2, -0.15) is 13.2 Å². The summed E-state index contributed by atoms with van der Waals surface area (Å²) in [6, 6.07) is -0.638. The van der Waals surface area contributed by atoms with E-state index in [1.54, 1.807) is 20.8 Å². The predicted molar refractivity (Wildman–Crippen MR) is 60.0 cm³/mol. The summed E-state index contributed by atoms with van der Waals surface area (Å²) in [4.78, 5) is 1.32. The maximum absolute atomic E-state index is 12.4. The van der Waals surface area contributed by atoms with Gasteiger partial charge >= 0.3 is 6.18 Å². The van der Waals surface area contributed by atoms with E-state index in [-0.39, 0.29) is 24.3 Å². The molecule has 0 aliphatic rings. The average Bonchev–Trinajstić information content (AvgIpc) is 2.21. The van der Waals surface area contributed by atoms with Crippen LogP contribution in [0.4, 0.5) is 13.2 Å². The quantitative estimate of drug-likeness (QED) is 0.331. The summed E-state index contributed by atoms with van der Waals surface area (Å²) in [6.45, 7) is 4.18. The number of amidine groups is 1. The topological polar surface area (TPSA) is 61.9 Å². The Morgan fingerprint density at radius 1 is 1.41 bits per heavy atom. The first-order chi connectivity index (χ1) is 7.71. The van der Waals surface area contributed by atoms with Crippen molar-refractivity contribution in [3.05, 3.63) is 0 Å². The Balaban J connectivity index is 4.75. The number of nitrogens with two attached hydrogens (primary N) is 1. The van der Waals surface area contributed by atoms with E-state index in [2.05, 4.69) is 5.16 Å². The minimum absolute atomic E-state index is 0.0512. The first-order valence-corrected chi connectivity index (χ1v) is 5.50. The van der Waals surface area contributed by atoms with Crippen molar-refractivity contribution in [1.82, 2.24) is 4.90 Å². The van der Waals surface area contributed by atoms with Crippen molar-refractivity contribution >= 4 is 5.84 Å². The summed E-state index contributed by atoms with van der Waals surface area (Å²) in [7, 11) is 0. The van der Waals surface area contributed by atoms with Crippen molar-refractivity contribution in [3.63, 3.8) is 0 Å². The summed E-state index contributed by atoms with van der Waals surface area (Å²) in [5.41, 5.74) is 5.34. The Kier molecular flexibility index (Phi) is 6.30. The molecular formula is C10H20F3N3O. The Bertz CT molecular complexity index is 254. The molecule has 3 N–H and O–H groups in total. The molecule has 17 heavy (non-hydrogen) atoms. The zero-order valence-electron chi connectivity index (χ0n) is 10.3. The summed E-state index contributed by atoms with van der Waals surface area (Å²) >= 11 is 0. The van der Waals surface area contributed by atoms with Crippen LogP contribution >= 0.6 is 0 Å². The predicted octanol–water partition coefficient (Wildman–Crippen LogP) is 2.17. The molecule has 0 aliphatic heterocycles. The van der Waals surface area contributed by atoms with E-state index < -0.39 is 12.7 Å². The van der Waals surface area contributed by atoms with Crippen molar-refractivity contribution in [3.8, 4) is 0 Å². The van der Waals surface area contributed by atoms with Crippen LogP contribution in [0.15, 0.2) is 5.16 Å². The molecule has 0 rings (SSSR count). The fourth-order valence-corrected chi connectivity index (χ4v) is 1.72. The molecular weight excluding hydrogens is 235 g/mol. The fourth-order valence-electron chi connectivity index (χ4n) is 1.72. The normalized spacial score (nSPS) is 15.6. The van der Waals surface area contributed by atoms with Crippen LogP contribution in [0.5, 0.6) is 0 Å². The molecule has 1 unspecified atom stereocenters. The molecule has 0 radical (unpaired) electrons. The van der Waals surface area contributed by atoms with Crippen LogP contribution in [0.1, 0.15) is 33.6 Å². The minimum atomic E-state index is -4.25. The third kappa shape index (κ3) is 6.35. The van der Waals surface area contributed by atoms with Gasteiger partial charge in [0.1, 0.15) is 5.84 Å². The molecule has 0 bridgehead atoms. The summed E-state index contributed by atoms with van der Waals surface area (Å²) in [5, 5.41) is 11.3. The Labute approximate surface area is 99.3 Å². The van der Waals surface area contributed by atoms with Gasteiger partial charge in [-0.25, -0.2) is 0 Å². The number of alkyl halides is 3. The van der Waals surface area contributed by atoms with Crippen LogP contribution in [0.2, 0.25) is 0 Å². The van der Waals surface area contributed by atoms with Gasteiger partial charge < -0.3 is 10.9 Å². The van der Waals surface area contributed by atoms with E-state index in [0.717, 1.165) is 0 Å². The molecule has 0 heterocycles. The summed E-state index contributed by atoms with van der Waals surface area (Å²) < 4.78 is 37.3. The first-order valence-electron chi connectivity index (χ1n) is 5.50. The van der Waals surface area contributed by atoms with Crippen molar-refractivity contribution in [2.75, 3.05) is 6.54 Å². The lowest BCUT2D eigenvalue weighted by Crippen LogP contribution is -2.47. The lowest BCUT2D eigenvalue weighted by molar-refractivity contribution is -0.155. The molecule has 0 aromatic rings. The number of hydrogen-bond donors (Lipinski definition) is 2. The second kappa shape index (κ2) is 6.68. The van der Waals surface area contributed by atoms with Crippen molar-refractivity contribution in [2.24, 2.45) is 10.9 Å². The maximum atomic E-state index is 12.4. The van der Waals surface area contributed by atoms with Crippen LogP contribution in [0.25, 0.3) is 0 Å². The largest absolute Gasteiger partial charge is 0.409 e. The lowest BCUT2D eigenvalue weighted by atomic mass is 10.1. The average molecular weight is 255 g/mol. The van der Waals surface area contributed by atoms with Gasteiger partial charge in [0.15, 0.2) is 0 Å². The van der Waals surface area contributed by atoms with Crippen LogP contribution in [0, 0.1) is 0 Å². The monoisotopic (exact) mass is 255 g/mol. The first kappa shape index (κ1) is 16.0. The second-order valence-corrected chi connectivity index (χ2v) is 4.24. The fraction of sp³-hybridized carbons (Fsp3) is 0.900. The van der Waals surface area contributed by atoms with Gasteiger partial charge in [0.05, 0.1) is 6.54 Å². The molecule has 7 heteroatoms. The highest BCUT2D eigenvalue weighted by Gasteiger charge is 2.34. The number of hydrogen-bond acceptors (Lipinski definition) is 3. The zero-order chi connectivity index (χ0) is 13.6. The molecule has 0 spiro atoms. The highest BCUT2D eigenvalue weighted by Crippen LogP contribution is 2.22. The molecule has 1 atom stereocenters. The second-order valence-electron chi connectivity index (χ2n) is 4.24. The maximum Gasteiger partial charge on any atom is 0.401 e. The number of oxime groups is 1. The third-order valence-corrected chi connectivity index (χ3v) is 2.54. The van der Waals surface area contributed by atoms with E-state index in [9.17, 15) is 13.2 Å². The zero-order valence-corrected chi connectivity index (χ0v) is 10.3. The third-order valence-electron chi connectivity index (χ3n) is 2.54. The Hall–Kier alpha value is -0.980. The van der Waals surface area contributed by atoms with Crippen LogP contribution < -0.4 is 5.73 Å². The van der Waals surface area contributed by atoms with Gasteiger partial charge in [0.2, 0.25) is 0 Å². The van der Waals surface area contributed by atoms with Crippen LogP contribution in [0.3, 0.4) is 0 Å². The van der Waals surface area contributed by atoms with Crippen LogP contribution in [-0.4, -0.2) is 40.7 Å². The number of nitrogens with zero attached hydrogens (tertiary/aromatic N) is 2. The van der Waals surface area contributed by atoms with Gasteiger partial charge in [-0.1, -0.05) is 12.1 Å². The highest BCUT2D eigenvalue weighted by molar-refractivity contribution is 5.80. The van der Waals surface area contributed by atoms with Gasteiger partial charge in [-0.15, -0.1) is 0 Å². The molecule has 0 saturated carbocycles. The van der Waals surface area contributed by atoms with Crippen molar-refractivity contribution in [1.29, 1.82) is 0 Å². The highest BCUT2D eigenvalue weighted by atomic mass is 19.4. The molecule has 4 nitrogen and oxygen atoms in total. The smallest absolute Gasteiger partial charge is 0.401 e. The van der Waals surface area contributed by atoms with E-state index in [1.165, 1.54) is 4.90 Å². The summed E-state index contributed by atoms with van der Waals surface area (Å²) in [6.07, 6.45) is -3.62. The van der Waals surface area contributed by atoms with E-state index in [0.29, 0.717) is 6.42 Å². The molecule has 0 aromatic carbocycles. The number of halogens is 3. The SMILES string of the molecule is CCC(CC(N)=NO)N(CC(F)(F)F)C(C)C. The summed E-state index contributed by atoms with van der Waals surface area (Å²) in [5.74, 6) is -0.0512. The van der Waals surface area contributed by atoms with E-state index in [1.807, 2.05) is 0 Å². The Morgan fingerprint density at radius 2 is 1.94 bits per heavy atom.